The normalized spacial score (nSPS) is 10.1. The minimum atomic E-state index is -0.389. The monoisotopic (exact) mass is 345 g/mol. The predicted molar refractivity (Wildman–Crippen MR) is 82.5 cm³/mol. The highest BCUT2D eigenvalue weighted by atomic mass is 79.9. The second-order valence-corrected chi connectivity index (χ2v) is 5.36. The number of hydrogen-bond acceptors (Lipinski definition) is 4. The molecule has 1 N–H and O–H groups in total. The van der Waals surface area contributed by atoms with Crippen molar-refractivity contribution in [1.29, 1.82) is 5.26 Å². The van der Waals surface area contributed by atoms with Crippen LogP contribution in [0.3, 0.4) is 0 Å². The third kappa shape index (κ3) is 4.12. The fraction of sp³-hybridized carbons (Fsp3) is 0.133. The largest absolute Gasteiger partial charge is 0.308 e. The first-order valence-corrected chi connectivity index (χ1v) is 7.02. The van der Waals surface area contributed by atoms with Crippen molar-refractivity contribution in [3.8, 4) is 6.07 Å². The van der Waals surface area contributed by atoms with Gasteiger partial charge >= 0.3 is 0 Å². The lowest BCUT2D eigenvalue weighted by Crippen LogP contribution is -2.14. The lowest BCUT2D eigenvalue weighted by atomic mass is 10.1. The van der Waals surface area contributed by atoms with Crippen LogP contribution in [0.2, 0.25) is 0 Å². The van der Waals surface area contributed by atoms with Crippen molar-refractivity contribution in [2.75, 3.05) is 0 Å². The van der Waals surface area contributed by atoms with Crippen LogP contribution < -0.4 is 5.32 Å². The van der Waals surface area contributed by atoms with Crippen LogP contribution >= 0.6 is 15.9 Å². The highest BCUT2D eigenvalue weighted by Gasteiger charge is 2.13. The molecule has 0 heterocycles. The Morgan fingerprint density at radius 1 is 1.24 bits per heavy atom. The molecular formula is C15H12BrN3O2. The van der Waals surface area contributed by atoms with Crippen LogP contribution in [0.1, 0.15) is 16.7 Å². The molecule has 0 aliphatic heterocycles. The number of rotatable bonds is 5. The molecular weight excluding hydrogens is 334 g/mol. The summed E-state index contributed by atoms with van der Waals surface area (Å²) in [5.74, 6) is 0. The van der Waals surface area contributed by atoms with Crippen molar-refractivity contribution in [3.63, 3.8) is 0 Å². The van der Waals surface area contributed by atoms with E-state index in [-0.39, 0.29) is 10.6 Å². The zero-order valence-corrected chi connectivity index (χ0v) is 12.6. The Morgan fingerprint density at radius 3 is 2.76 bits per heavy atom. The summed E-state index contributed by atoms with van der Waals surface area (Å²) in [6, 6.07) is 14.2. The van der Waals surface area contributed by atoms with Gasteiger partial charge in [-0.05, 0) is 29.8 Å². The van der Waals surface area contributed by atoms with Crippen molar-refractivity contribution < 1.29 is 4.92 Å². The van der Waals surface area contributed by atoms with Crippen LogP contribution in [0.25, 0.3) is 0 Å². The second-order valence-electron chi connectivity index (χ2n) is 4.45. The lowest BCUT2D eigenvalue weighted by molar-refractivity contribution is -0.385. The van der Waals surface area contributed by atoms with Crippen LogP contribution in [-0.4, -0.2) is 4.92 Å². The molecule has 2 rings (SSSR count). The van der Waals surface area contributed by atoms with Crippen LogP contribution in [0.5, 0.6) is 0 Å². The van der Waals surface area contributed by atoms with Gasteiger partial charge in [0.15, 0.2) is 0 Å². The van der Waals surface area contributed by atoms with E-state index >= 15 is 0 Å². The van der Waals surface area contributed by atoms with E-state index in [9.17, 15) is 10.1 Å². The molecule has 2 aromatic carbocycles. The smallest absolute Gasteiger partial charge is 0.273 e. The molecule has 0 aliphatic carbocycles. The van der Waals surface area contributed by atoms with Crippen LogP contribution in [0.4, 0.5) is 5.69 Å². The molecule has 21 heavy (non-hydrogen) atoms. The molecule has 0 amide bonds. The summed E-state index contributed by atoms with van der Waals surface area (Å²) in [7, 11) is 0. The van der Waals surface area contributed by atoms with Crippen molar-refractivity contribution in [2.24, 2.45) is 0 Å². The molecule has 0 saturated carbocycles. The Bertz CT molecular complexity index is 710. The molecule has 6 heteroatoms. The zero-order chi connectivity index (χ0) is 15.2. The highest BCUT2D eigenvalue weighted by Crippen LogP contribution is 2.22. The van der Waals surface area contributed by atoms with Crippen molar-refractivity contribution in [2.45, 2.75) is 13.1 Å². The SMILES string of the molecule is N#Cc1cccc(CNCc2cc(Br)ccc2[N+](=O)[O-])c1. The Hall–Kier alpha value is -2.23. The number of nitro benzene ring substituents is 1. The first-order valence-electron chi connectivity index (χ1n) is 6.22. The van der Waals surface area contributed by atoms with E-state index in [1.54, 1.807) is 24.3 Å². The molecule has 0 atom stereocenters. The zero-order valence-electron chi connectivity index (χ0n) is 11.0. The van der Waals surface area contributed by atoms with Gasteiger partial charge in [-0.15, -0.1) is 0 Å². The van der Waals surface area contributed by atoms with E-state index in [1.807, 2.05) is 12.1 Å². The fourth-order valence-electron chi connectivity index (χ4n) is 1.97. The highest BCUT2D eigenvalue weighted by molar-refractivity contribution is 9.10. The average Bonchev–Trinajstić information content (AvgIpc) is 2.47. The first-order chi connectivity index (χ1) is 10.1. The van der Waals surface area contributed by atoms with Gasteiger partial charge in [0.25, 0.3) is 5.69 Å². The maximum absolute atomic E-state index is 11.0. The summed E-state index contributed by atoms with van der Waals surface area (Å²) in [5, 5.41) is 23.0. The van der Waals surface area contributed by atoms with Crippen molar-refractivity contribution in [3.05, 3.63) is 73.7 Å². The number of nitro groups is 1. The predicted octanol–water partition coefficient (Wildman–Crippen LogP) is 3.52. The average molecular weight is 346 g/mol. The number of hydrogen-bond donors (Lipinski definition) is 1. The van der Waals surface area contributed by atoms with Gasteiger partial charge in [0, 0.05) is 29.2 Å². The van der Waals surface area contributed by atoms with Crippen molar-refractivity contribution in [1.82, 2.24) is 5.32 Å². The summed E-state index contributed by atoms with van der Waals surface area (Å²) < 4.78 is 0.802. The summed E-state index contributed by atoms with van der Waals surface area (Å²) >= 11 is 3.31. The number of halogens is 1. The van der Waals surface area contributed by atoms with E-state index in [0.29, 0.717) is 24.2 Å². The standard InChI is InChI=1S/C15H12BrN3O2/c16-14-4-5-15(19(20)21)13(7-14)10-18-9-12-3-1-2-11(6-12)8-17/h1-7,18H,9-10H2. The molecule has 2 aromatic rings. The van der Waals surface area contributed by atoms with E-state index in [0.717, 1.165) is 10.0 Å². The van der Waals surface area contributed by atoms with Crippen LogP contribution in [0, 0.1) is 21.4 Å². The molecule has 0 unspecified atom stereocenters. The molecule has 106 valence electrons. The number of nitrogens with zero attached hydrogens (tertiary/aromatic N) is 2. The number of nitriles is 1. The third-order valence-corrected chi connectivity index (χ3v) is 3.43. The second kappa shape index (κ2) is 6.97. The van der Waals surface area contributed by atoms with Gasteiger partial charge < -0.3 is 5.32 Å². The molecule has 0 aromatic heterocycles. The van der Waals surface area contributed by atoms with Gasteiger partial charge in [-0.3, -0.25) is 10.1 Å². The summed E-state index contributed by atoms with van der Waals surface area (Å²) in [5.41, 5.74) is 2.27. The van der Waals surface area contributed by atoms with Crippen LogP contribution in [-0.2, 0) is 13.1 Å². The molecule has 0 aliphatic rings. The molecule has 0 saturated heterocycles. The Morgan fingerprint density at radius 2 is 2.05 bits per heavy atom. The van der Waals surface area contributed by atoms with E-state index in [1.165, 1.54) is 6.07 Å². The fourth-order valence-corrected chi connectivity index (χ4v) is 2.37. The minimum Gasteiger partial charge on any atom is -0.308 e. The number of nitrogens with one attached hydrogen (secondary N) is 1. The van der Waals surface area contributed by atoms with Gasteiger partial charge in [0.2, 0.25) is 0 Å². The van der Waals surface area contributed by atoms with Gasteiger partial charge in [0.1, 0.15) is 0 Å². The van der Waals surface area contributed by atoms with E-state index in [2.05, 4.69) is 27.3 Å². The first kappa shape index (κ1) is 15.2. The maximum atomic E-state index is 11.0. The van der Waals surface area contributed by atoms with Gasteiger partial charge in [-0.1, -0.05) is 28.1 Å². The molecule has 0 spiro atoms. The topological polar surface area (TPSA) is 79.0 Å². The number of benzene rings is 2. The van der Waals surface area contributed by atoms with E-state index in [4.69, 9.17) is 5.26 Å². The van der Waals surface area contributed by atoms with E-state index < -0.39 is 0 Å². The third-order valence-electron chi connectivity index (χ3n) is 2.94. The Kier molecular flexibility index (Phi) is 5.04. The van der Waals surface area contributed by atoms with Crippen LogP contribution in [0.15, 0.2) is 46.9 Å². The quantitative estimate of drug-likeness (QED) is 0.664. The lowest BCUT2D eigenvalue weighted by Gasteiger charge is -2.07. The van der Waals surface area contributed by atoms with Crippen molar-refractivity contribution >= 4 is 21.6 Å². The molecule has 5 nitrogen and oxygen atoms in total. The maximum Gasteiger partial charge on any atom is 0.273 e. The Balaban J connectivity index is 2.05. The molecule has 0 radical (unpaired) electrons. The summed E-state index contributed by atoms with van der Waals surface area (Å²) in [6.45, 7) is 0.922. The van der Waals surface area contributed by atoms with Gasteiger partial charge in [-0.25, -0.2) is 0 Å². The summed E-state index contributed by atoms with van der Waals surface area (Å²) in [6.07, 6.45) is 0. The minimum absolute atomic E-state index is 0.0940. The molecule has 0 bridgehead atoms. The van der Waals surface area contributed by atoms with Gasteiger partial charge in [0.05, 0.1) is 16.6 Å². The molecule has 0 fully saturated rings. The summed E-state index contributed by atoms with van der Waals surface area (Å²) in [4.78, 5) is 10.6. The van der Waals surface area contributed by atoms with Gasteiger partial charge in [-0.2, -0.15) is 5.26 Å². The Labute approximate surface area is 130 Å².